The summed E-state index contributed by atoms with van der Waals surface area (Å²) in [6, 6.07) is 12.0. The molecule has 3 rings (SSSR count). The Hall–Kier alpha value is -3.26. The van der Waals surface area contributed by atoms with Crippen LogP contribution in [-0.4, -0.2) is 35.4 Å². The van der Waals surface area contributed by atoms with Crippen molar-refractivity contribution in [3.05, 3.63) is 71.0 Å². The minimum absolute atomic E-state index is 0.00310. The van der Waals surface area contributed by atoms with E-state index < -0.39 is 17.8 Å². The number of carbonyl (C=O) groups excluding carboxylic acids is 2. The maximum atomic E-state index is 13.6. The zero-order chi connectivity index (χ0) is 21.7. The molecular formula is C22H22FN3O3S. The van der Waals surface area contributed by atoms with Crippen LogP contribution in [0.25, 0.3) is 10.6 Å². The summed E-state index contributed by atoms with van der Waals surface area (Å²) in [6.07, 6.45) is 0.00310. The second-order valence-electron chi connectivity index (χ2n) is 6.64. The van der Waals surface area contributed by atoms with Crippen molar-refractivity contribution in [3.8, 4) is 16.3 Å². The highest BCUT2D eigenvalue weighted by Crippen LogP contribution is 2.27. The van der Waals surface area contributed by atoms with E-state index in [9.17, 15) is 14.0 Å². The largest absolute Gasteiger partial charge is 0.494 e. The first-order valence-corrected chi connectivity index (χ1v) is 10.2. The van der Waals surface area contributed by atoms with Gasteiger partial charge in [0.15, 0.2) is 0 Å². The van der Waals surface area contributed by atoms with Gasteiger partial charge in [-0.3, -0.25) is 9.59 Å². The Balaban J connectivity index is 1.72. The molecule has 0 saturated heterocycles. The van der Waals surface area contributed by atoms with E-state index in [4.69, 9.17) is 10.5 Å². The lowest BCUT2D eigenvalue weighted by Gasteiger charge is -2.26. The summed E-state index contributed by atoms with van der Waals surface area (Å²) in [7, 11) is 1.47. The molecule has 2 N–H and O–H groups in total. The summed E-state index contributed by atoms with van der Waals surface area (Å²) in [5.41, 5.74) is 7.32. The van der Waals surface area contributed by atoms with Gasteiger partial charge in [0.2, 0.25) is 11.8 Å². The van der Waals surface area contributed by atoms with Gasteiger partial charge in [-0.2, -0.15) is 0 Å². The zero-order valence-electron chi connectivity index (χ0n) is 16.7. The van der Waals surface area contributed by atoms with Crippen molar-refractivity contribution < 1.29 is 18.7 Å². The van der Waals surface area contributed by atoms with E-state index in [1.165, 1.54) is 41.5 Å². The van der Waals surface area contributed by atoms with Crippen LogP contribution < -0.4 is 10.5 Å². The third-order valence-electron chi connectivity index (χ3n) is 4.51. The predicted molar refractivity (Wildman–Crippen MR) is 114 cm³/mol. The number of halogens is 1. The molecule has 156 valence electrons. The molecule has 30 heavy (non-hydrogen) atoms. The van der Waals surface area contributed by atoms with Crippen molar-refractivity contribution in [1.29, 1.82) is 0 Å². The van der Waals surface area contributed by atoms with Crippen LogP contribution >= 0.6 is 11.3 Å². The average molecular weight is 428 g/mol. The molecule has 0 radical (unpaired) electrons. The second kappa shape index (κ2) is 9.49. The Kier molecular flexibility index (Phi) is 6.79. The number of nitrogens with zero attached hydrogens (tertiary/aromatic N) is 2. The fourth-order valence-electron chi connectivity index (χ4n) is 3.06. The molecule has 1 atom stereocenters. The maximum Gasteiger partial charge on any atom is 0.244 e. The monoisotopic (exact) mass is 427 g/mol. The normalized spacial score (nSPS) is 11.7. The van der Waals surface area contributed by atoms with Crippen LogP contribution in [-0.2, 0) is 16.0 Å². The van der Waals surface area contributed by atoms with E-state index in [1.807, 2.05) is 31.2 Å². The summed E-state index contributed by atoms with van der Waals surface area (Å²) >= 11 is 1.42. The molecule has 0 aliphatic rings. The van der Waals surface area contributed by atoms with Gasteiger partial charge >= 0.3 is 0 Å². The van der Waals surface area contributed by atoms with E-state index >= 15 is 0 Å². The van der Waals surface area contributed by atoms with E-state index in [-0.39, 0.29) is 12.3 Å². The summed E-state index contributed by atoms with van der Waals surface area (Å²) in [5, 5.41) is 2.58. The number of amides is 2. The van der Waals surface area contributed by atoms with Gasteiger partial charge in [-0.15, -0.1) is 11.3 Å². The van der Waals surface area contributed by atoms with Crippen molar-refractivity contribution in [2.24, 2.45) is 5.73 Å². The minimum atomic E-state index is -1.06. The number of ether oxygens (including phenoxy) is 1. The van der Waals surface area contributed by atoms with Crippen molar-refractivity contribution in [2.45, 2.75) is 19.4 Å². The number of primary amides is 1. The van der Waals surface area contributed by atoms with Gasteiger partial charge in [0, 0.05) is 18.0 Å². The number of nitrogens with two attached hydrogens (primary N) is 1. The molecule has 2 aromatic carbocycles. The Bertz CT molecular complexity index is 1040. The van der Waals surface area contributed by atoms with Crippen LogP contribution in [0.4, 0.5) is 4.39 Å². The third kappa shape index (κ3) is 5.01. The van der Waals surface area contributed by atoms with Crippen molar-refractivity contribution in [2.75, 3.05) is 13.7 Å². The molecule has 0 fully saturated rings. The Morgan fingerprint density at radius 1 is 1.23 bits per heavy atom. The quantitative estimate of drug-likeness (QED) is 0.595. The lowest BCUT2D eigenvalue weighted by Crippen LogP contribution is -2.40. The van der Waals surface area contributed by atoms with Gasteiger partial charge in [0.05, 0.1) is 18.7 Å². The SMILES string of the molecule is CCOc1ccc(-c2nc(CC(=O)N(C)C(C(N)=O)c3cccc(F)c3)cs2)cc1. The van der Waals surface area contributed by atoms with Gasteiger partial charge in [-0.05, 0) is 48.9 Å². The Morgan fingerprint density at radius 2 is 1.97 bits per heavy atom. The van der Waals surface area contributed by atoms with E-state index in [2.05, 4.69) is 4.98 Å². The Morgan fingerprint density at radius 3 is 2.60 bits per heavy atom. The maximum absolute atomic E-state index is 13.6. The van der Waals surface area contributed by atoms with Crippen molar-refractivity contribution in [3.63, 3.8) is 0 Å². The first-order valence-electron chi connectivity index (χ1n) is 9.37. The fourth-order valence-corrected chi connectivity index (χ4v) is 3.89. The summed E-state index contributed by atoms with van der Waals surface area (Å²) in [4.78, 5) is 30.5. The fraction of sp³-hybridized carbons (Fsp3) is 0.227. The van der Waals surface area contributed by atoms with E-state index in [0.29, 0.717) is 17.9 Å². The molecule has 1 heterocycles. The summed E-state index contributed by atoms with van der Waals surface area (Å²) in [5.74, 6) is -0.791. The topological polar surface area (TPSA) is 85.5 Å². The van der Waals surface area contributed by atoms with Gasteiger partial charge in [-0.1, -0.05) is 12.1 Å². The summed E-state index contributed by atoms with van der Waals surface area (Å²) in [6.45, 7) is 2.52. The van der Waals surface area contributed by atoms with E-state index in [0.717, 1.165) is 16.3 Å². The molecule has 1 aromatic heterocycles. The zero-order valence-corrected chi connectivity index (χ0v) is 17.5. The molecule has 0 saturated carbocycles. The smallest absolute Gasteiger partial charge is 0.244 e. The molecular weight excluding hydrogens is 405 g/mol. The molecule has 0 aliphatic heterocycles. The lowest BCUT2D eigenvalue weighted by molar-refractivity contribution is -0.137. The highest BCUT2D eigenvalue weighted by molar-refractivity contribution is 7.13. The second-order valence-corrected chi connectivity index (χ2v) is 7.50. The van der Waals surface area contributed by atoms with Crippen molar-refractivity contribution >= 4 is 23.2 Å². The minimum Gasteiger partial charge on any atom is -0.494 e. The number of benzene rings is 2. The molecule has 6 nitrogen and oxygen atoms in total. The van der Waals surface area contributed by atoms with Gasteiger partial charge in [0.1, 0.15) is 22.6 Å². The average Bonchev–Trinajstić information content (AvgIpc) is 3.17. The Labute approximate surface area is 178 Å². The number of hydrogen-bond donors (Lipinski definition) is 1. The highest BCUT2D eigenvalue weighted by atomic mass is 32.1. The van der Waals surface area contributed by atoms with Crippen LogP contribution in [0, 0.1) is 5.82 Å². The third-order valence-corrected chi connectivity index (χ3v) is 5.45. The molecule has 0 spiro atoms. The highest BCUT2D eigenvalue weighted by Gasteiger charge is 2.27. The lowest BCUT2D eigenvalue weighted by atomic mass is 10.0. The van der Waals surface area contributed by atoms with Crippen molar-refractivity contribution in [1.82, 2.24) is 9.88 Å². The number of aromatic nitrogens is 1. The van der Waals surface area contributed by atoms with Gasteiger partial charge in [0.25, 0.3) is 0 Å². The van der Waals surface area contributed by atoms with Crippen LogP contribution in [0.2, 0.25) is 0 Å². The number of thiazole rings is 1. The molecule has 0 aliphatic carbocycles. The molecule has 2 amide bonds. The number of hydrogen-bond acceptors (Lipinski definition) is 5. The van der Waals surface area contributed by atoms with Crippen LogP contribution in [0.15, 0.2) is 53.9 Å². The molecule has 0 bridgehead atoms. The molecule has 3 aromatic rings. The van der Waals surface area contributed by atoms with Gasteiger partial charge < -0.3 is 15.4 Å². The predicted octanol–water partition coefficient (Wildman–Crippen LogP) is 3.58. The standard InChI is InChI=1S/C22H22FN3O3S/c1-3-29-18-9-7-14(8-10-18)22-25-17(13-30-22)12-19(27)26(2)20(21(24)28)15-5-4-6-16(23)11-15/h4-11,13,20H,3,12H2,1-2H3,(H2,24,28). The summed E-state index contributed by atoms with van der Waals surface area (Å²) < 4.78 is 19.0. The number of rotatable bonds is 8. The van der Waals surface area contributed by atoms with Crippen LogP contribution in [0.3, 0.4) is 0 Å². The number of carbonyl (C=O) groups is 2. The first-order chi connectivity index (χ1) is 14.4. The first kappa shape index (κ1) is 21.4. The number of likely N-dealkylation sites (N-methyl/N-ethyl adjacent to an activating group) is 1. The van der Waals surface area contributed by atoms with Crippen LogP contribution in [0.5, 0.6) is 5.75 Å². The van der Waals surface area contributed by atoms with E-state index in [1.54, 1.807) is 11.4 Å². The van der Waals surface area contributed by atoms with Gasteiger partial charge in [-0.25, -0.2) is 9.37 Å². The molecule has 1 unspecified atom stereocenters. The van der Waals surface area contributed by atoms with Crippen LogP contribution in [0.1, 0.15) is 24.2 Å². The molecule has 8 heteroatoms.